The Morgan fingerprint density at radius 2 is 1.91 bits per heavy atom. The SMILES string of the molecule is CC1(C)CC(CCl)OC1(C)C. The van der Waals surface area contributed by atoms with Crippen molar-refractivity contribution in [2.24, 2.45) is 5.41 Å². The van der Waals surface area contributed by atoms with Crippen LogP contribution in [-0.4, -0.2) is 17.6 Å². The minimum atomic E-state index is -0.0213. The molecule has 1 nitrogen and oxygen atoms in total. The van der Waals surface area contributed by atoms with Crippen molar-refractivity contribution in [3.05, 3.63) is 0 Å². The van der Waals surface area contributed by atoms with E-state index in [0.29, 0.717) is 5.88 Å². The van der Waals surface area contributed by atoms with Gasteiger partial charge in [0.15, 0.2) is 0 Å². The maximum Gasteiger partial charge on any atom is 0.0724 e. The highest BCUT2D eigenvalue weighted by Crippen LogP contribution is 2.45. The van der Waals surface area contributed by atoms with Gasteiger partial charge in [0.25, 0.3) is 0 Å². The van der Waals surface area contributed by atoms with Crippen LogP contribution in [0.5, 0.6) is 0 Å². The van der Waals surface area contributed by atoms with Gasteiger partial charge < -0.3 is 4.74 Å². The number of alkyl halides is 1. The molecule has 1 aliphatic rings. The minimum absolute atomic E-state index is 0.0213. The van der Waals surface area contributed by atoms with E-state index in [9.17, 15) is 0 Å². The molecule has 2 heteroatoms. The highest BCUT2D eigenvalue weighted by Gasteiger charge is 2.47. The van der Waals surface area contributed by atoms with E-state index >= 15 is 0 Å². The first-order chi connectivity index (χ1) is 4.89. The Balaban J connectivity index is 2.72. The molecule has 1 rings (SSSR count). The third-order valence-electron chi connectivity index (χ3n) is 3.00. The highest BCUT2D eigenvalue weighted by molar-refractivity contribution is 6.18. The lowest BCUT2D eigenvalue weighted by atomic mass is 9.76. The molecule has 0 amide bonds. The van der Waals surface area contributed by atoms with Crippen molar-refractivity contribution in [2.75, 3.05) is 5.88 Å². The van der Waals surface area contributed by atoms with Crippen LogP contribution in [0, 0.1) is 5.41 Å². The van der Waals surface area contributed by atoms with Crippen molar-refractivity contribution in [3.8, 4) is 0 Å². The van der Waals surface area contributed by atoms with Gasteiger partial charge in [-0.05, 0) is 25.7 Å². The van der Waals surface area contributed by atoms with Crippen molar-refractivity contribution in [2.45, 2.75) is 45.8 Å². The van der Waals surface area contributed by atoms with Crippen LogP contribution in [0.15, 0.2) is 0 Å². The monoisotopic (exact) mass is 176 g/mol. The van der Waals surface area contributed by atoms with E-state index < -0.39 is 0 Å². The second-order valence-electron chi connectivity index (χ2n) is 4.49. The fourth-order valence-electron chi connectivity index (χ4n) is 1.52. The van der Waals surface area contributed by atoms with E-state index in [0.717, 1.165) is 6.42 Å². The zero-order valence-electron chi connectivity index (χ0n) is 7.78. The molecule has 1 heterocycles. The van der Waals surface area contributed by atoms with Crippen molar-refractivity contribution in [1.29, 1.82) is 0 Å². The smallest absolute Gasteiger partial charge is 0.0724 e. The molecular weight excluding hydrogens is 160 g/mol. The molecule has 1 fully saturated rings. The Kier molecular flexibility index (Phi) is 2.24. The third kappa shape index (κ3) is 1.54. The first-order valence-corrected chi connectivity index (χ1v) is 4.66. The van der Waals surface area contributed by atoms with E-state index in [1.807, 2.05) is 0 Å². The second-order valence-corrected chi connectivity index (χ2v) is 4.80. The fourth-order valence-corrected chi connectivity index (χ4v) is 1.69. The molecule has 0 saturated carbocycles. The summed E-state index contributed by atoms with van der Waals surface area (Å²) >= 11 is 5.74. The first-order valence-electron chi connectivity index (χ1n) is 4.13. The van der Waals surface area contributed by atoms with Crippen LogP contribution in [0.2, 0.25) is 0 Å². The van der Waals surface area contributed by atoms with Gasteiger partial charge >= 0.3 is 0 Å². The molecule has 0 aromatic carbocycles. The lowest BCUT2D eigenvalue weighted by molar-refractivity contribution is -0.0446. The summed E-state index contributed by atoms with van der Waals surface area (Å²) in [5.74, 6) is 0.618. The van der Waals surface area contributed by atoms with E-state index in [2.05, 4.69) is 27.7 Å². The number of rotatable bonds is 1. The molecule has 1 atom stereocenters. The summed E-state index contributed by atoms with van der Waals surface area (Å²) in [5.41, 5.74) is 0.235. The molecular formula is C9H17ClO. The fraction of sp³-hybridized carbons (Fsp3) is 1.00. The summed E-state index contributed by atoms with van der Waals surface area (Å²) < 4.78 is 5.78. The lowest BCUT2D eigenvalue weighted by Gasteiger charge is -2.32. The van der Waals surface area contributed by atoms with E-state index in [1.165, 1.54) is 0 Å². The molecule has 1 aliphatic heterocycles. The standard InChI is InChI=1S/C9H17ClO/c1-8(2)5-7(6-10)11-9(8,3)4/h7H,5-6H2,1-4H3. The Morgan fingerprint density at radius 3 is 2.09 bits per heavy atom. The minimum Gasteiger partial charge on any atom is -0.371 e. The molecule has 0 spiro atoms. The van der Waals surface area contributed by atoms with Gasteiger partial charge in [-0.25, -0.2) is 0 Å². The van der Waals surface area contributed by atoms with Crippen LogP contribution >= 0.6 is 11.6 Å². The molecule has 0 aromatic heterocycles. The summed E-state index contributed by atoms with van der Waals surface area (Å²) in [6.45, 7) is 8.75. The van der Waals surface area contributed by atoms with Crippen LogP contribution < -0.4 is 0 Å². The van der Waals surface area contributed by atoms with Crippen LogP contribution in [-0.2, 0) is 4.74 Å². The van der Waals surface area contributed by atoms with Crippen LogP contribution in [0.25, 0.3) is 0 Å². The van der Waals surface area contributed by atoms with Crippen molar-refractivity contribution in [1.82, 2.24) is 0 Å². The van der Waals surface area contributed by atoms with Gasteiger partial charge in [0.2, 0.25) is 0 Å². The molecule has 0 N–H and O–H groups in total. The average Bonchev–Trinajstić information content (AvgIpc) is 2.03. The van der Waals surface area contributed by atoms with Gasteiger partial charge in [0, 0.05) is 5.88 Å². The average molecular weight is 177 g/mol. The van der Waals surface area contributed by atoms with E-state index in [-0.39, 0.29) is 17.1 Å². The number of hydrogen-bond donors (Lipinski definition) is 0. The van der Waals surface area contributed by atoms with Gasteiger partial charge in [-0.15, -0.1) is 11.6 Å². The maximum absolute atomic E-state index is 5.78. The molecule has 66 valence electrons. The predicted molar refractivity (Wildman–Crippen MR) is 48.1 cm³/mol. The molecule has 1 unspecified atom stereocenters. The van der Waals surface area contributed by atoms with Crippen molar-refractivity contribution in [3.63, 3.8) is 0 Å². The largest absolute Gasteiger partial charge is 0.371 e. The molecule has 1 saturated heterocycles. The number of ether oxygens (including phenoxy) is 1. The summed E-state index contributed by atoms with van der Waals surface area (Å²) in [6, 6.07) is 0. The van der Waals surface area contributed by atoms with Crippen LogP contribution in [0.3, 0.4) is 0 Å². The molecule has 11 heavy (non-hydrogen) atoms. The first kappa shape index (κ1) is 9.34. The Hall–Kier alpha value is 0.250. The van der Waals surface area contributed by atoms with Gasteiger partial charge in [-0.1, -0.05) is 13.8 Å². The Bertz CT molecular complexity index is 136. The lowest BCUT2D eigenvalue weighted by Crippen LogP contribution is -2.34. The quantitative estimate of drug-likeness (QED) is 0.559. The van der Waals surface area contributed by atoms with Gasteiger partial charge in [0.1, 0.15) is 0 Å². The number of hydrogen-bond acceptors (Lipinski definition) is 1. The molecule has 0 radical (unpaired) electrons. The van der Waals surface area contributed by atoms with Crippen LogP contribution in [0.4, 0.5) is 0 Å². The van der Waals surface area contributed by atoms with Crippen LogP contribution in [0.1, 0.15) is 34.1 Å². The van der Waals surface area contributed by atoms with Crippen molar-refractivity contribution < 1.29 is 4.74 Å². The molecule has 0 aliphatic carbocycles. The topological polar surface area (TPSA) is 9.23 Å². The zero-order chi connectivity index (χ0) is 8.70. The third-order valence-corrected chi connectivity index (χ3v) is 3.35. The Labute approximate surface area is 74.1 Å². The summed E-state index contributed by atoms with van der Waals surface area (Å²) in [5, 5.41) is 0. The normalized spacial score (nSPS) is 34.1. The predicted octanol–water partition coefficient (Wildman–Crippen LogP) is 2.82. The maximum atomic E-state index is 5.78. The summed E-state index contributed by atoms with van der Waals surface area (Å²) in [6.07, 6.45) is 1.32. The summed E-state index contributed by atoms with van der Waals surface area (Å²) in [4.78, 5) is 0. The van der Waals surface area contributed by atoms with Gasteiger partial charge in [-0.2, -0.15) is 0 Å². The Morgan fingerprint density at radius 1 is 1.36 bits per heavy atom. The summed E-state index contributed by atoms with van der Waals surface area (Å²) in [7, 11) is 0. The van der Waals surface area contributed by atoms with E-state index in [1.54, 1.807) is 0 Å². The highest BCUT2D eigenvalue weighted by atomic mass is 35.5. The number of halogens is 1. The van der Waals surface area contributed by atoms with Gasteiger partial charge in [0.05, 0.1) is 11.7 Å². The zero-order valence-corrected chi connectivity index (χ0v) is 8.53. The van der Waals surface area contributed by atoms with E-state index in [4.69, 9.17) is 16.3 Å². The second kappa shape index (κ2) is 2.63. The van der Waals surface area contributed by atoms with Gasteiger partial charge in [-0.3, -0.25) is 0 Å². The van der Waals surface area contributed by atoms with Crippen molar-refractivity contribution >= 4 is 11.6 Å². The molecule has 0 bridgehead atoms. The molecule has 0 aromatic rings.